The predicted molar refractivity (Wildman–Crippen MR) is 165 cm³/mol. The van der Waals surface area contributed by atoms with Crippen molar-refractivity contribution in [1.82, 2.24) is 30.5 Å². The number of allylic oxidation sites excluding steroid dienone is 5. The first-order chi connectivity index (χ1) is 20.4. The molecule has 0 aliphatic heterocycles. The van der Waals surface area contributed by atoms with Gasteiger partial charge in [0.2, 0.25) is 0 Å². The van der Waals surface area contributed by atoms with Gasteiger partial charge in [-0.2, -0.15) is 5.10 Å². The number of imidazole rings is 1. The van der Waals surface area contributed by atoms with Gasteiger partial charge in [0.1, 0.15) is 22.8 Å². The van der Waals surface area contributed by atoms with Crippen molar-refractivity contribution in [2.24, 2.45) is 5.92 Å². The standard InChI is InChI=1S/C34H32F2N6/c1-4-21(17-25(5-2)38-20(3)22-9-7-6-8-10-22)26-18-27-30(19-28(26)36)41-42-32(27)34-39-29-15-16-37-31(33(29)40-34)23-11-13-24(35)14-12-23/h4-5,11-19,22,38H,2-3,6-10H2,1H3,(H,39,40)(H,41,42)/b21-4+,25-17+. The van der Waals surface area contributed by atoms with Crippen molar-refractivity contribution >= 4 is 27.5 Å². The van der Waals surface area contributed by atoms with Crippen LogP contribution in [0.2, 0.25) is 0 Å². The van der Waals surface area contributed by atoms with Crippen molar-refractivity contribution in [1.29, 1.82) is 0 Å². The lowest BCUT2D eigenvalue weighted by molar-refractivity contribution is 0.393. The number of fused-ring (bicyclic) bond motifs is 2. The molecule has 212 valence electrons. The Balaban J connectivity index is 1.36. The summed E-state index contributed by atoms with van der Waals surface area (Å²) in [6.45, 7) is 10.1. The number of aromatic amines is 2. The van der Waals surface area contributed by atoms with Crippen LogP contribution in [0.15, 0.2) is 91.4 Å². The fourth-order valence-corrected chi connectivity index (χ4v) is 5.67. The SMILES string of the molecule is C=C/C(=C\C(=C/C)c1cc2c(-c3nc4c(-c5ccc(F)cc5)nccc4[nH]3)n[nH]c2cc1F)NC(=C)C1CCCCC1. The molecule has 1 fully saturated rings. The van der Waals surface area contributed by atoms with Crippen molar-refractivity contribution in [2.45, 2.75) is 39.0 Å². The lowest BCUT2D eigenvalue weighted by Crippen LogP contribution is -2.20. The second-order valence-electron chi connectivity index (χ2n) is 10.6. The molecule has 1 aliphatic carbocycles. The number of hydrogen-bond donors (Lipinski definition) is 3. The van der Waals surface area contributed by atoms with E-state index < -0.39 is 0 Å². The van der Waals surface area contributed by atoms with Crippen molar-refractivity contribution < 1.29 is 8.78 Å². The highest BCUT2D eigenvalue weighted by Crippen LogP contribution is 2.34. The molecule has 6 rings (SSSR count). The first-order valence-corrected chi connectivity index (χ1v) is 14.2. The first kappa shape index (κ1) is 27.3. The van der Waals surface area contributed by atoms with Crippen molar-refractivity contribution in [3.8, 4) is 22.8 Å². The van der Waals surface area contributed by atoms with Gasteiger partial charge in [-0.25, -0.2) is 13.8 Å². The lowest BCUT2D eigenvalue weighted by atomic mass is 9.87. The highest BCUT2D eigenvalue weighted by molar-refractivity contribution is 5.97. The Morgan fingerprint density at radius 3 is 2.55 bits per heavy atom. The molecule has 1 aliphatic rings. The maximum atomic E-state index is 15.5. The fourth-order valence-electron chi connectivity index (χ4n) is 5.67. The second kappa shape index (κ2) is 11.6. The molecule has 42 heavy (non-hydrogen) atoms. The lowest BCUT2D eigenvalue weighted by Gasteiger charge is -2.25. The summed E-state index contributed by atoms with van der Waals surface area (Å²) < 4.78 is 29.0. The third kappa shape index (κ3) is 5.28. The van der Waals surface area contributed by atoms with E-state index >= 15 is 4.39 Å². The van der Waals surface area contributed by atoms with Crippen molar-refractivity contribution in [3.05, 3.63) is 109 Å². The fraction of sp³-hybridized carbons (Fsp3) is 0.206. The minimum absolute atomic E-state index is 0.319. The Hall–Kier alpha value is -4.85. The number of benzene rings is 2. The van der Waals surface area contributed by atoms with E-state index in [1.165, 1.54) is 37.5 Å². The molecule has 0 atom stereocenters. The summed E-state index contributed by atoms with van der Waals surface area (Å²) in [5.41, 5.74) is 6.75. The van der Waals surface area contributed by atoms with Gasteiger partial charge in [-0.15, -0.1) is 0 Å². The zero-order valence-corrected chi connectivity index (χ0v) is 23.5. The Morgan fingerprint density at radius 2 is 1.81 bits per heavy atom. The first-order valence-electron chi connectivity index (χ1n) is 14.2. The normalized spacial score (nSPS) is 14.9. The van der Waals surface area contributed by atoms with Gasteiger partial charge in [-0.1, -0.05) is 38.5 Å². The molecule has 1 saturated carbocycles. The molecule has 3 heterocycles. The zero-order valence-electron chi connectivity index (χ0n) is 23.5. The van der Waals surface area contributed by atoms with Crippen molar-refractivity contribution in [2.75, 3.05) is 0 Å². The number of H-pyrrole nitrogens is 2. The summed E-state index contributed by atoms with van der Waals surface area (Å²) in [7, 11) is 0. The van der Waals surface area contributed by atoms with Crippen LogP contribution in [0.4, 0.5) is 8.78 Å². The molecule has 3 N–H and O–H groups in total. The smallest absolute Gasteiger partial charge is 0.159 e. The summed E-state index contributed by atoms with van der Waals surface area (Å²) >= 11 is 0. The number of nitrogens with one attached hydrogen (secondary N) is 3. The van der Waals surface area contributed by atoms with Crippen LogP contribution in [0.5, 0.6) is 0 Å². The van der Waals surface area contributed by atoms with Gasteiger partial charge in [0.05, 0.1) is 16.7 Å². The third-order valence-corrected chi connectivity index (χ3v) is 7.95. The summed E-state index contributed by atoms with van der Waals surface area (Å²) in [5.74, 6) is 0.254. The average Bonchev–Trinajstić information content (AvgIpc) is 3.63. The van der Waals surface area contributed by atoms with Gasteiger partial charge in [-0.05, 0) is 79.8 Å². The Morgan fingerprint density at radius 1 is 1.02 bits per heavy atom. The molecular weight excluding hydrogens is 530 g/mol. The van der Waals surface area contributed by atoms with Crippen LogP contribution >= 0.6 is 0 Å². The highest BCUT2D eigenvalue weighted by Gasteiger charge is 2.20. The summed E-state index contributed by atoms with van der Waals surface area (Å²) in [5, 5.41) is 11.6. The number of aromatic nitrogens is 5. The molecule has 2 aromatic carbocycles. The average molecular weight is 563 g/mol. The summed E-state index contributed by atoms with van der Waals surface area (Å²) in [6, 6.07) is 11.2. The van der Waals surface area contributed by atoms with Gasteiger partial charge in [0.25, 0.3) is 0 Å². The molecule has 0 bridgehead atoms. The van der Waals surface area contributed by atoms with Crippen LogP contribution < -0.4 is 5.32 Å². The monoisotopic (exact) mass is 562 g/mol. The predicted octanol–water partition coefficient (Wildman–Crippen LogP) is 8.60. The minimum atomic E-state index is -0.371. The number of hydrogen-bond acceptors (Lipinski definition) is 4. The quantitative estimate of drug-likeness (QED) is 0.165. The molecule has 0 amide bonds. The topological polar surface area (TPSA) is 82.3 Å². The molecule has 3 aromatic heterocycles. The van der Waals surface area contributed by atoms with E-state index in [0.29, 0.717) is 50.7 Å². The third-order valence-electron chi connectivity index (χ3n) is 7.95. The van der Waals surface area contributed by atoms with Crippen LogP contribution in [0.25, 0.3) is 50.3 Å². The van der Waals surface area contributed by atoms with Crippen molar-refractivity contribution in [3.63, 3.8) is 0 Å². The Kier molecular flexibility index (Phi) is 7.52. The van der Waals surface area contributed by atoms with Gasteiger partial charge >= 0.3 is 0 Å². The minimum Gasteiger partial charge on any atom is -0.359 e. The number of halogens is 2. The molecule has 8 heteroatoms. The van der Waals surface area contributed by atoms with Gasteiger partial charge < -0.3 is 10.3 Å². The maximum absolute atomic E-state index is 15.5. The molecule has 0 radical (unpaired) electrons. The van der Waals surface area contributed by atoms with E-state index in [0.717, 1.165) is 35.3 Å². The number of pyridine rings is 1. The Labute approximate surface area is 243 Å². The zero-order chi connectivity index (χ0) is 29.2. The van der Waals surface area contributed by atoms with Crippen LogP contribution in [0.1, 0.15) is 44.6 Å². The van der Waals surface area contributed by atoms with Gasteiger partial charge in [0.15, 0.2) is 5.82 Å². The van der Waals surface area contributed by atoms with Crippen LogP contribution in [0, 0.1) is 17.6 Å². The summed E-state index contributed by atoms with van der Waals surface area (Å²) in [6.07, 6.45) is 13.1. The van der Waals surface area contributed by atoms with E-state index in [-0.39, 0.29) is 11.6 Å². The van der Waals surface area contributed by atoms with Crippen LogP contribution in [-0.2, 0) is 0 Å². The van der Waals surface area contributed by atoms with E-state index in [1.807, 2.05) is 25.1 Å². The van der Waals surface area contributed by atoms with E-state index in [1.54, 1.807) is 30.5 Å². The molecular formula is C34H32F2N6. The van der Waals surface area contributed by atoms with E-state index in [9.17, 15) is 4.39 Å². The summed E-state index contributed by atoms with van der Waals surface area (Å²) in [4.78, 5) is 12.6. The molecule has 0 spiro atoms. The van der Waals surface area contributed by atoms with Gasteiger partial charge in [-0.3, -0.25) is 10.1 Å². The van der Waals surface area contributed by atoms with Gasteiger partial charge in [0, 0.05) is 40.2 Å². The maximum Gasteiger partial charge on any atom is 0.159 e. The molecule has 5 aromatic rings. The molecule has 6 nitrogen and oxygen atoms in total. The van der Waals surface area contributed by atoms with Crippen LogP contribution in [0.3, 0.4) is 0 Å². The molecule has 0 unspecified atom stereocenters. The molecule has 0 saturated heterocycles. The largest absolute Gasteiger partial charge is 0.359 e. The Bertz CT molecular complexity index is 1850. The number of rotatable bonds is 8. The van der Waals surface area contributed by atoms with E-state index in [4.69, 9.17) is 4.98 Å². The highest BCUT2D eigenvalue weighted by atomic mass is 19.1. The van der Waals surface area contributed by atoms with Crippen LogP contribution in [-0.4, -0.2) is 25.1 Å². The number of nitrogens with zero attached hydrogens (tertiary/aromatic N) is 3. The van der Waals surface area contributed by atoms with E-state index in [2.05, 4.69) is 38.6 Å². The second-order valence-corrected chi connectivity index (χ2v) is 10.6.